The van der Waals surface area contributed by atoms with Gasteiger partial charge >= 0.3 is 0 Å². The Morgan fingerprint density at radius 2 is 1.42 bits per heavy atom. The van der Waals surface area contributed by atoms with Crippen molar-refractivity contribution in [3.05, 3.63) is 35.6 Å². The molecule has 0 atom stereocenters. The number of rotatable bonds is 3. The van der Waals surface area contributed by atoms with Gasteiger partial charge in [-0.3, -0.25) is 4.99 Å². The highest BCUT2D eigenvalue weighted by Crippen LogP contribution is 2.33. The molecule has 0 amide bonds. The maximum atomic E-state index is 4.58. The van der Waals surface area contributed by atoms with Crippen LogP contribution >= 0.6 is 0 Å². The summed E-state index contributed by atoms with van der Waals surface area (Å²) in [6.07, 6.45) is 4.10. The number of hydrogen-bond donors (Lipinski definition) is 0. The van der Waals surface area contributed by atoms with E-state index in [0.717, 1.165) is 16.9 Å². The molecule has 108 valence electrons. The summed E-state index contributed by atoms with van der Waals surface area (Å²) in [5.41, 5.74) is 4.87. The zero-order valence-corrected chi connectivity index (χ0v) is 14.3. The van der Waals surface area contributed by atoms with Gasteiger partial charge in [0.25, 0.3) is 0 Å². The lowest BCUT2D eigenvalue weighted by Gasteiger charge is -2.25. The van der Waals surface area contributed by atoms with Gasteiger partial charge in [-0.1, -0.05) is 54.2 Å². The lowest BCUT2D eigenvalue weighted by Crippen LogP contribution is -2.16. The summed E-state index contributed by atoms with van der Waals surface area (Å²) >= 11 is 0. The van der Waals surface area contributed by atoms with E-state index in [1.807, 2.05) is 6.20 Å². The third kappa shape index (κ3) is 5.59. The number of nitrogens with zero attached hydrogens (tertiary/aromatic N) is 1. The summed E-state index contributed by atoms with van der Waals surface area (Å²) in [4.78, 5) is 4.58. The summed E-state index contributed by atoms with van der Waals surface area (Å²) in [6, 6.07) is 0. The molecular formula is C18H31N. The van der Waals surface area contributed by atoms with Crippen molar-refractivity contribution in [1.82, 2.24) is 0 Å². The molecule has 0 rings (SSSR count). The first kappa shape index (κ1) is 17.9. The fourth-order valence-corrected chi connectivity index (χ4v) is 1.74. The van der Waals surface area contributed by atoms with Gasteiger partial charge in [0, 0.05) is 11.9 Å². The van der Waals surface area contributed by atoms with Crippen molar-refractivity contribution in [2.45, 2.75) is 62.3 Å². The predicted octanol–water partition coefficient (Wildman–Crippen LogP) is 5.95. The van der Waals surface area contributed by atoms with Gasteiger partial charge in [0.15, 0.2) is 0 Å². The average molecular weight is 261 g/mol. The Morgan fingerprint density at radius 1 is 0.947 bits per heavy atom. The second-order valence-electron chi connectivity index (χ2n) is 7.21. The van der Waals surface area contributed by atoms with Crippen LogP contribution in [0.15, 0.2) is 40.6 Å². The van der Waals surface area contributed by atoms with E-state index in [0.29, 0.717) is 0 Å². The predicted molar refractivity (Wildman–Crippen MR) is 88.7 cm³/mol. The number of aliphatic imine (C=N–C) groups is 1. The van der Waals surface area contributed by atoms with Crippen LogP contribution in [-0.2, 0) is 0 Å². The third-order valence-corrected chi connectivity index (χ3v) is 3.44. The summed E-state index contributed by atoms with van der Waals surface area (Å²) < 4.78 is 0. The minimum absolute atomic E-state index is 0.115. The van der Waals surface area contributed by atoms with Crippen molar-refractivity contribution in [2.24, 2.45) is 15.8 Å². The van der Waals surface area contributed by atoms with Crippen LogP contribution < -0.4 is 0 Å². The molecule has 0 unspecified atom stereocenters. The Balaban J connectivity index is 5.25. The van der Waals surface area contributed by atoms with E-state index >= 15 is 0 Å². The number of hydrogen-bond acceptors (Lipinski definition) is 1. The Morgan fingerprint density at radius 3 is 1.74 bits per heavy atom. The van der Waals surface area contributed by atoms with E-state index in [1.54, 1.807) is 0 Å². The van der Waals surface area contributed by atoms with Crippen LogP contribution in [0.4, 0.5) is 0 Å². The molecule has 0 aromatic heterocycles. The van der Waals surface area contributed by atoms with Crippen molar-refractivity contribution in [3.8, 4) is 0 Å². The van der Waals surface area contributed by atoms with Crippen LogP contribution in [0.3, 0.4) is 0 Å². The normalized spacial score (nSPS) is 15.7. The minimum Gasteiger partial charge on any atom is -0.265 e. The highest BCUT2D eigenvalue weighted by Gasteiger charge is 2.19. The molecule has 0 saturated carbocycles. The lowest BCUT2D eigenvalue weighted by molar-refractivity contribution is 0.511. The molecular weight excluding hydrogens is 230 g/mol. The highest BCUT2D eigenvalue weighted by molar-refractivity contribution is 5.87. The van der Waals surface area contributed by atoms with Crippen molar-refractivity contribution in [1.29, 1.82) is 0 Å². The minimum atomic E-state index is 0.115. The first-order valence-corrected chi connectivity index (χ1v) is 6.99. The second-order valence-corrected chi connectivity index (χ2v) is 7.21. The summed E-state index contributed by atoms with van der Waals surface area (Å²) in [5, 5.41) is 0. The molecule has 0 heterocycles. The van der Waals surface area contributed by atoms with Crippen LogP contribution in [0.1, 0.15) is 62.3 Å². The molecule has 0 fully saturated rings. The molecule has 0 radical (unpaired) electrons. The van der Waals surface area contributed by atoms with Crippen LogP contribution in [0.25, 0.3) is 0 Å². The molecule has 1 heteroatoms. The summed E-state index contributed by atoms with van der Waals surface area (Å²) in [5.74, 6) is 0. The lowest BCUT2D eigenvalue weighted by atomic mass is 9.80. The zero-order chi connectivity index (χ0) is 15.4. The monoisotopic (exact) mass is 261 g/mol. The standard InChI is InChI=1S/C18H31N/c1-11-16(18(8,9)10)14(3)13(2)12-19-15(4)17(5,6)7/h11-12H,3H2,1-2,4-10H3/b13-12-,16-11?,19-15?. The quantitative estimate of drug-likeness (QED) is 0.440. The molecule has 0 aliphatic carbocycles. The molecule has 1 nitrogen and oxygen atoms in total. The van der Waals surface area contributed by atoms with Crippen LogP contribution in [-0.4, -0.2) is 5.71 Å². The van der Waals surface area contributed by atoms with E-state index in [2.05, 4.69) is 80.0 Å². The van der Waals surface area contributed by atoms with Gasteiger partial charge in [-0.05, 0) is 48.3 Å². The van der Waals surface area contributed by atoms with E-state index in [4.69, 9.17) is 0 Å². The maximum absolute atomic E-state index is 4.58. The topological polar surface area (TPSA) is 12.4 Å². The van der Waals surface area contributed by atoms with Crippen LogP contribution in [0.5, 0.6) is 0 Å². The molecule has 0 aromatic rings. The van der Waals surface area contributed by atoms with Gasteiger partial charge in [-0.2, -0.15) is 0 Å². The zero-order valence-electron chi connectivity index (χ0n) is 14.3. The highest BCUT2D eigenvalue weighted by atomic mass is 14.7. The molecule has 0 spiro atoms. The SMILES string of the molecule is C=C(C(=CC)C(C)(C)C)/C(C)=C\N=C(C)C(C)(C)C. The Labute approximate surface area is 120 Å². The molecule has 0 aliphatic heterocycles. The van der Waals surface area contributed by atoms with E-state index in [-0.39, 0.29) is 10.8 Å². The first-order valence-electron chi connectivity index (χ1n) is 6.99. The Hall–Kier alpha value is -1.11. The third-order valence-electron chi connectivity index (χ3n) is 3.44. The van der Waals surface area contributed by atoms with Gasteiger partial charge in [0.1, 0.15) is 0 Å². The van der Waals surface area contributed by atoms with Gasteiger partial charge in [-0.25, -0.2) is 0 Å². The molecule has 0 aromatic carbocycles. The van der Waals surface area contributed by atoms with E-state index in [1.165, 1.54) is 5.57 Å². The first-order chi connectivity index (χ1) is 8.41. The summed E-state index contributed by atoms with van der Waals surface area (Å²) in [6.45, 7) is 23.6. The van der Waals surface area contributed by atoms with Crippen LogP contribution in [0, 0.1) is 10.8 Å². The van der Waals surface area contributed by atoms with Crippen molar-refractivity contribution in [3.63, 3.8) is 0 Å². The second kappa shape index (κ2) is 6.36. The fraction of sp³-hybridized carbons (Fsp3) is 0.611. The van der Waals surface area contributed by atoms with Gasteiger partial charge < -0.3 is 0 Å². The van der Waals surface area contributed by atoms with E-state index in [9.17, 15) is 0 Å². The molecule has 0 aliphatic rings. The Kier molecular flexibility index (Phi) is 5.99. The van der Waals surface area contributed by atoms with Crippen molar-refractivity contribution < 1.29 is 0 Å². The molecule has 0 N–H and O–H groups in total. The van der Waals surface area contributed by atoms with Gasteiger partial charge in [0.2, 0.25) is 0 Å². The number of allylic oxidation sites excluding steroid dienone is 4. The average Bonchev–Trinajstić information content (AvgIpc) is 2.22. The molecule has 19 heavy (non-hydrogen) atoms. The smallest absolute Gasteiger partial charge is 0.0302 e. The fourth-order valence-electron chi connectivity index (χ4n) is 1.74. The Bertz CT molecular complexity index is 418. The summed E-state index contributed by atoms with van der Waals surface area (Å²) in [7, 11) is 0. The maximum Gasteiger partial charge on any atom is 0.0302 e. The van der Waals surface area contributed by atoms with Gasteiger partial charge in [0.05, 0.1) is 0 Å². The van der Waals surface area contributed by atoms with Crippen LogP contribution in [0.2, 0.25) is 0 Å². The molecule has 0 saturated heterocycles. The van der Waals surface area contributed by atoms with Crippen molar-refractivity contribution in [2.75, 3.05) is 0 Å². The largest absolute Gasteiger partial charge is 0.265 e. The van der Waals surface area contributed by atoms with Crippen molar-refractivity contribution >= 4 is 5.71 Å². The van der Waals surface area contributed by atoms with Gasteiger partial charge in [-0.15, -0.1) is 0 Å². The molecule has 0 bridgehead atoms. The van der Waals surface area contributed by atoms with E-state index < -0.39 is 0 Å².